The van der Waals surface area contributed by atoms with Crippen LogP contribution in [0, 0.1) is 0 Å². The van der Waals surface area contributed by atoms with Crippen molar-refractivity contribution in [3.05, 3.63) is 77.9 Å². The van der Waals surface area contributed by atoms with Gasteiger partial charge in [0, 0.05) is 17.5 Å². The molecule has 5 nitrogen and oxygen atoms in total. The Bertz CT molecular complexity index is 799. The Morgan fingerprint density at radius 2 is 1.81 bits per heavy atom. The number of carbonyl (C=O) groups is 1. The van der Waals surface area contributed by atoms with Gasteiger partial charge in [0.1, 0.15) is 18.0 Å². The van der Waals surface area contributed by atoms with E-state index in [0.29, 0.717) is 18.6 Å². The molecular formula is C22H22O5. The van der Waals surface area contributed by atoms with Crippen LogP contribution in [0.4, 0.5) is 0 Å². The first kappa shape index (κ1) is 17.9. The van der Waals surface area contributed by atoms with E-state index in [1.54, 1.807) is 7.11 Å². The maximum absolute atomic E-state index is 12.4. The molecule has 0 bridgehead atoms. The van der Waals surface area contributed by atoms with E-state index in [4.69, 9.17) is 18.9 Å². The Labute approximate surface area is 158 Å². The molecule has 2 heterocycles. The van der Waals surface area contributed by atoms with E-state index >= 15 is 0 Å². The van der Waals surface area contributed by atoms with Gasteiger partial charge in [-0.25, -0.2) is 0 Å². The van der Waals surface area contributed by atoms with Crippen LogP contribution in [0.1, 0.15) is 28.6 Å². The summed E-state index contributed by atoms with van der Waals surface area (Å²) in [5.74, 6) is 0.858. The molecule has 0 radical (unpaired) electrons. The summed E-state index contributed by atoms with van der Waals surface area (Å²) in [6, 6.07) is 16.9. The van der Waals surface area contributed by atoms with E-state index in [1.807, 2.05) is 66.7 Å². The van der Waals surface area contributed by atoms with Gasteiger partial charge >= 0.3 is 0 Å². The molecule has 0 N–H and O–H groups in total. The van der Waals surface area contributed by atoms with Gasteiger partial charge in [0.2, 0.25) is 0 Å². The van der Waals surface area contributed by atoms with Crippen LogP contribution >= 0.6 is 0 Å². The minimum Gasteiger partial charge on any atom is -0.497 e. The van der Waals surface area contributed by atoms with Gasteiger partial charge in [-0.3, -0.25) is 4.79 Å². The second-order valence-corrected chi connectivity index (χ2v) is 6.63. The number of rotatable bonds is 5. The normalized spacial score (nSPS) is 27.0. The summed E-state index contributed by atoms with van der Waals surface area (Å²) in [6.07, 6.45) is 3.11. The molecule has 2 aromatic carbocycles. The molecule has 1 unspecified atom stereocenters. The molecule has 27 heavy (non-hydrogen) atoms. The molecule has 0 aliphatic carbocycles. The van der Waals surface area contributed by atoms with Crippen molar-refractivity contribution in [3.63, 3.8) is 0 Å². The Morgan fingerprint density at radius 1 is 1.04 bits per heavy atom. The lowest BCUT2D eigenvalue weighted by Gasteiger charge is -2.39. The molecular weight excluding hydrogens is 344 g/mol. The van der Waals surface area contributed by atoms with Gasteiger partial charge in [0.15, 0.2) is 12.1 Å². The number of benzene rings is 2. The first-order chi connectivity index (χ1) is 13.2. The van der Waals surface area contributed by atoms with Crippen LogP contribution in [0.2, 0.25) is 0 Å². The number of Topliss-reactive ketones (excluding diaryl/α,β-unsaturated/α-hetero) is 1. The zero-order valence-electron chi connectivity index (χ0n) is 15.1. The fraction of sp³-hybridized carbons (Fsp3) is 0.318. The largest absolute Gasteiger partial charge is 0.497 e. The van der Waals surface area contributed by atoms with E-state index < -0.39 is 6.29 Å². The topological polar surface area (TPSA) is 54.0 Å². The van der Waals surface area contributed by atoms with E-state index in [0.717, 1.165) is 11.3 Å². The van der Waals surface area contributed by atoms with Gasteiger partial charge in [0.05, 0.1) is 19.8 Å². The summed E-state index contributed by atoms with van der Waals surface area (Å²) in [5.41, 5.74) is 1.64. The third-order valence-electron chi connectivity index (χ3n) is 4.79. The van der Waals surface area contributed by atoms with Crippen molar-refractivity contribution in [3.8, 4) is 5.75 Å². The summed E-state index contributed by atoms with van der Waals surface area (Å²) in [6.45, 7) is 0.418. The summed E-state index contributed by atoms with van der Waals surface area (Å²) >= 11 is 0. The second-order valence-electron chi connectivity index (χ2n) is 6.63. The number of hydrogen-bond donors (Lipinski definition) is 0. The quantitative estimate of drug-likeness (QED) is 0.596. The highest BCUT2D eigenvalue weighted by Crippen LogP contribution is 2.32. The Balaban J connectivity index is 1.37. The van der Waals surface area contributed by atoms with Crippen LogP contribution in [0.25, 0.3) is 0 Å². The summed E-state index contributed by atoms with van der Waals surface area (Å²) in [5, 5.41) is 0. The standard InChI is InChI=1S/C22H22O5/c1-24-17-9-7-16(8-10-17)22-25-14-21-20(27-22)12-11-18(26-21)13-19(23)15-5-3-2-4-6-15/h2-12,18,20-22H,13-14H2,1H3/t18-,20+,21-,22?/m1/s1. The average Bonchev–Trinajstić information content (AvgIpc) is 2.74. The van der Waals surface area contributed by atoms with Crippen LogP contribution in [-0.2, 0) is 14.2 Å². The fourth-order valence-electron chi connectivity index (χ4n) is 3.31. The first-order valence-corrected chi connectivity index (χ1v) is 9.06. The molecule has 4 rings (SSSR count). The van der Waals surface area contributed by atoms with Crippen LogP contribution in [0.3, 0.4) is 0 Å². The summed E-state index contributed by atoms with van der Waals surface area (Å²) < 4.78 is 23.1. The molecule has 1 fully saturated rings. The molecule has 140 valence electrons. The third kappa shape index (κ3) is 4.11. The molecule has 0 saturated carbocycles. The van der Waals surface area contributed by atoms with E-state index in [-0.39, 0.29) is 24.1 Å². The number of methoxy groups -OCH3 is 1. The smallest absolute Gasteiger partial charge is 0.184 e. The third-order valence-corrected chi connectivity index (χ3v) is 4.79. The molecule has 2 aliphatic rings. The van der Waals surface area contributed by atoms with Gasteiger partial charge in [0.25, 0.3) is 0 Å². The average molecular weight is 366 g/mol. The molecule has 2 aliphatic heterocycles. The van der Waals surface area contributed by atoms with Gasteiger partial charge < -0.3 is 18.9 Å². The number of hydrogen-bond acceptors (Lipinski definition) is 5. The number of fused-ring (bicyclic) bond motifs is 1. The monoisotopic (exact) mass is 366 g/mol. The van der Waals surface area contributed by atoms with Crippen LogP contribution < -0.4 is 4.74 Å². The minimum atomic E-state index is -0.437. The lowest BCUT2D eigenvalue weighted by atomic mass is 10.0. The van der Waals surface area contributed by atoms with Crippen LogP contribution in [0.5, 0.6) is 5.75 Å². The Hall–Kier alpha value is -2.47. The molecule has 0 amide bonds. The van der Waals surface area contributed by atoms with Crippen molar-refractivity contribution >= 4 is 5.78 Å². The molecule has 4 atom stereocenters. The maximum atomic E-state index is 12.4. The zero-order valence-corrected chi connectivity index (χ0v) is 15.1. The van der Waals surface area contributed by atoms with Gasteiger partial charge in [-0.2, -0.15) is 0 Å². The van der Waals surface area contributed by atoms with E-state index in [1.165, 1.54) is 0 Å². The predicted octanol–water partition coefficient (Wildman–Crippen LogP) is 3.71. The molecule has 0 aromatic heterocycles. The van der Waals surface area contributed by atoms with Crippen molar-refractivity contribution in [2.24, 2.45) is 0 Å². The zero-order chi connectivity index (χ0) is 18.6. The van der Waals surface area contributed by atoms with Crippen LogP contribution in [0.15, 0.2) is 66.7 Å². The van der Waals surface area contributed by atoms with Crippen molar-refractivity contribution in [2.45, 2.75) is 31.0 Å². The lowest BCUT2D eigenvalue weighted by molar-refractivity contribution is -0.261. The van der Waals surface area contributed by atoms with E-state index in [2.05, 4.69) is 0 Å². The van der Waals surface area contributed by atoms with Crippen molar-refractivity contribution in [1.29, 1.82) is 0 Å². The fourth-order valence-corrected chi connectivity index (χ4v) is 3.31. The number of ketones is 1. The first-order valence-electron chi connectivity index (χ1n) is 9.06. The predicted molar refractivity (Wildman–Crippen MR) is 99.8 cm³/mol. The highest BCUT2D eigenvalue weighted by atomic mass is 16.7. The molecule has 5 heteroatoms. The number of carbonyl (C=O) groups excluding carboxylic acids is 1. The minimum absolute atomic E-state index is 0.0671. The van der Waals surface area contributed by atoms with Crippen LogP contribution in [-0.4, -0.2) is 37.8 Å². The van der Waals surface area contributed by atoms with Crippen molar-refractivity contribution < 1.29 is 23.7 Å². The Morgan fingerprint density at radius 3 is 2.56 bits per heavy atom. The Kier molecular flexibility index (Phi) is 5.34. The highest BCUT2D eigenvalue weighted by Gasteiger charge is 2.36. The molecule has 1 saturated heterocycles. The van der Waals surface area contributed by atoms with Crippen molar-refractivity contribution in [1.82, 2.24) is 0 Å². The van der Waals surface area contributed by atoms with Gasteiger partial charge in [-0.15, -0.1) is 0 Å². The lowest BCUT2D eigenvalue weighted by Crippen LogP contribution is -2.45. The molecule has 0 spiro atoms. The SMILES string of the molecule is COc1ccc(C2OC[C@H]3O[C@@H](CC(=O)c4ccccc4)C=C[C@@H]3O2)cc1. The summed E-state index contributed by atoms with van der Waals surface area (Å²) in [4.78, 5) is 12.4. The highest BCUT2D eigenvalue weighted by molar-refractivity contribution is 5.96. The van der Waals surface area contributed by atoms with Crippen molar-refractivity contribution in [2.75, 3.05) is 13.7 Å². The van der Waals surface area contributed by atoms with Gasteiger partial charge in [-0.1, -0.05) is 54.6 Å². The number of ether oxygens (including phenoxy) is 4. The van der Waals surface area contributed by atoms with Gasteiger partial charge in [-0.05, 0) is 12.1 Å². The maximum Gasteiger partial charge on any atom is 0.184 e. The summed E-state index contributed by atoms with van der Waals surface area (Å²) in [7, 11) is 1.64. The molecule has 2 aromatic rings. The van der Waals surface area contributed by atoms with E-state index in [9.17, 15) is 4.79 Å². The second kappa shape index (κ2) is 8.05.